The smallest absolute Gasteiger partial charge is 0.312 e. The molecular formula is C8H16F4N2O3S+2. The molecule has 3 rings (SSSR count). The number of hydrogen-bond donors (Lipinski definition) is 1. The molecule has 108 valence electrons. The SMILES string of the molecule is C[N+]12CC[N+](F)(CC1)CC2.O=S(=O)(O)C(F)(F)F. The highest BCUT2D eigenvalue weighted by Gasteiger charge is 2.48. The zero-order chi connectivity index (χ0) is 14.2. The second-order valence-corrected chi connectivity index (χ2v) is 6.32. The van der Waals surface area contributed by atoms with Crippen LogP contribution in [0.4, 0.5) is 17.7 Å². The van der Waals surface area contributed by atoms with Gasteiger partial charge in [0.25, 0.3) is 0 Å². The minimum Gasteiger partial charge on any atom is -0.312 e. The molecule has 0 spiro atoms. The average molecular weight is 296 g/mol. The standard InChI is InChI=1S/C7H15FN2.CHF3O3S/c1-9-2-5-10(8,6-3-9)7-4-9;2-1(3,4)8(5,6)7/h2-7H2,1H3;(H,5,6,7)/q+2;. The van der Waals surface area contributed by atoms with Gasteiger partial charge in [-0.05, 0) is 4.48 Å². The number of quaternary nitrogens is 2. The molecule has 0 aromatic heterocycles. The lowest BCUT2D eigenvalue weighted by atomic mass is 10.2. The number of fused-ring (bicyclic) bond motifs is 3. The van der Waals surface area contributed by atoms with Crippen LogP contribution in [0.2, 0.25) is 0 Å². The Hall–Kier alpha value is -0.450. The number of halogens is 4. The number of hydrogen-bond acceptors (Lipinski definition) is 2. The fourth-order valence-corrected chi connectivity index (χ4v) is 1.93. The van der Waals surface area contributed by atoms with E-state index in [-0.39, 0.29) is 4.71 Å². The summed E-state index contributed by atoms with van der Waals surface area (Å²) in [6.45, 7) is 5.35. The van der Waals surface area contributed by atoms with E-state index in [1.807, 2.05) is 0 Å². The summed E-state index contributed by atoms with van der Waals surface area (Å²) in [6.07, 6.45) is 0. The molecule has 10 heteroatoms. The highest BCUT2D eigenvalue weighted by molar-refractivity contribution is 7.86. The molecule has 0 radical (unpaired) electrons. The summed E-state index contributed by atoms with van der Waals surface area (Å²) < 4.78 is 71.9. The summed E-state index contributed by atoms with van der Waals surface area (Å²) >= 11 is 0. The largest absolute Gasteiger partial charge is 0.522 e. The Kier molecular flexibility index (Phi) is 3.97. The van der Waals surface area contributed by atoms with E-state index in [0.29, 0.717) is 0 Å². The van der Waals surface area contributed by atoms with Crippen LogP contribution < -0.4 is 0 Å². The van der Waals surface area contributed by atoms with Crippen LogP contribution in [0.5, 0.6) is 0 Å². The molecule has 1 N–H and O–H groups in total. The Labute approximate surface area is 102 Å². The maximum absolute atomic E-state index is 13.4. The van der Waals surface area contributed by atoms with Gasteiger partial charge in [-0.1, -0.05) is 0 Å². The van der Waals surface area contributed by atoms with Crippen LogP contribution in [0.1, 0.15) is 0 Å². The molecule has 0 aliphatic carbocycles. The van der Waals surface area contributed by atoms with E-state index in [4.69, 9.17) is 13.0 Å². The van der Waals surface area contributed by atoms with E-state index in [2.05, 4.69) is 7.05 Å². The normalized spacial score (nSPS) is 35.9. The van der Waals surface area contributed by atoms with Crippen molar-refractivity contribution in [2.24, 2.45) is 0 Å². The van der Waals surface area contributed by atoms with Crippen LogP contribution in [-0.2, 0) is 10.1 Å². The monoisotopic (exact) mass is 296 g/mol. The minimum absolute atomic E-state index is 0.145. The lowest BCUT2D eigenvalue weighted by Gasteiger charge is -2.47. The fourth-order valence-electron chi connectivity index (χ4n) is 1.93. The summed E-state index contributed by atoms with van der Waals surface area (Å²) in [5.74, 6) is 0. The lowest BCUT2D eigenvalue weighted by Crippen LogP contribution is -2.70. The van der Waals surface area contributed by atoms with Crippen molar-refractivity contribution in [3.8, 4) is 0 Å². The zero-order valence-electron chi connectivity index (χ0n) is 9.82. The van der Waals surface area contributed by atoms with Crippen LogP contribution in [0.15, 0.2) is 0 Å². The molecule has 0 aromatic carbocycles. The molecule has 0 saturated carbocycles. The molecular weight excluding hydrogens is 280 g/mol. The molecule has 2 bridgehead atoms. The first-order valence-electron chi connectivity index (χ1n) is 5.30. The zero-order valence-corrected chi connectivity index (χ0v) is 10.6. The van der Waals surface area contributed by atoms with Crippen molar-refractivity contribution in [1.29, 1.82) is 0 Å². The molecule has 18 heavy (non-hydrogen) atoms. The maximum Gasteiger partial charge on any atom is 0.522 e. The van der Waals surface area contributed by atoms with Gasteiger partial charge < -0.3 is 4.48 Å². The molecule has 3 heterocycles. The Morgan fingerprint density at radius 1 is 1.00 bits per heavy atom. The molecule has 3 fully saturated rings. The summed E-state index contributed by atoms with van der Waals surface area (Å²) in [4.78, 5) is 0. The first-order valence-corrected chi connectivity index (χ1v) is 6.74. The summed E-state index contributed by atoms with van der Waals surface area (Å²) in [5, 5.41) is 0. The molecule has 3 saturated heterocycles. The number of rotatable bonds is 0. The van der Waals surface area contributed by atoms with Crippen LogP contribution in [-0.4, -0.2) is 74.0 Å². The number of alkyl halides is 3. The average Bonchev–Trinajstić information content (AvgIpc) is 2.19. The molecule has 0 unspecified atom stereocenters. The molecule has 0 aromatic rings. The van der Waals surface area contributed by atoms with Crippen molar-refractivity contribution in [2.45, 2.75) is 5.51 Å². The number of piperazine rings is 3. The van der Waals surface area contributed by atoms with Gasteiger partial charge in [0.1, 0.15) is 19.6 Å². The Bertz CT molecular complexity index is 367. The van der Waals surface area contributed by atoms with Gasteiger partial charge in [-0.2, -0.15) is 21.6 Å². The maximum atomic E-state index is 13.4. The van der Waals surface area contributed by atoms with E-state index >= 15 is 0 Å². The van der Waals surface area contributed by atoms with Crippen LogP contribution in [0, 0.1) is 0 Å². The van der Waals surface area contributed by atoms with E-state index in [9.17, 15) is 17.7 Å². The van der Waals surface area contributed by atoms with Crippen molar-refractivity contribution in [2.75, 3.05) is 46.3 Å². The van der Waals surface area contributed by atoms with Gasteiger partial charge in [-0.25, -0.2) is 0 Å². The van der Waals surface area contributed by atoms with Gasteiger partial charge in [0.05, 0.1) is 7.05 Å². The summed E-state index contributed by atoms with van der Waals surface area (Å²) in [6, 6.07) is 0. The van der Waals surface area contributed by atoms with E-state index < -0.39 is 15.6 Å². The van der Waals surface area contributed by atoms with Crippen molar-refractivity contribution in [3.63, 3.8) is 0 Å². The highest BCUT2D eigenvalue weighted by atomic mass is 32.2. The van der Waals surface area contributed by atoms with Crippen molar-refractivity contribution < 1.29 is 39.8 Å². The first-order chi connectivity index (χ1) is 7.87. The third-order valence-corrected chi connectivity index (χ3v) is 4.00. The van der Waals surface area contributed by atoms with Crippen molar-refractivity contribution >= 4 is 10.1 Å². The van der Waals surface area contributed by atoms with Crippen molar-refractivity contribution in [3.05, 3.63) is 0 Å². The van der Waals surface area contributed by atoms with Crippen molar-refractivity contribution in [1.82, 2.24) is 0 Å². The topological polar surface area (TPSA) is 54.4 Å². The van der Waals surface area contributed by atoms with E-state index in [1.54, 1.807) is 0 Å². The molecule has 3 aliphatic rings. The van der Waals surface area contributed by atoms with E-state index in [1.165, 1.54) is 0 Å². The van der Waals surface area contributed by atoms with E-state index in [0.717, 1.165) is 43.8 Å². The summed E-state index contributed by atoms with van der Waals surface area (Å²) in [7, 11) is -3.60. The Morgan fingerprint density at radius 2 is 1.28 bits per heavy atom. The van der Waals surface area contributed by atoms with Gasteiger partial charge in [0.15, 0.2) is 19.6 Å². The van der Waals surface area contributed by atoms with Crippen LogP contribution >= 0.6 is 0 Å². The van der Waals surface area contributed by atoms with Crippen LogP contribution in [0.3, 0.4) is 0 Å². The molecule has 3 aliphatic heterocycles. The van der Waals surface area contributed by atoms with Gasteiger partial charge >= 0.3 is 15.6 Å². The van der Waals surface area contributed by atoms with Crippen LogP contribution in [0.25, 0.3) is 0 Å². The number of likely N-dealkylation sites (N-methyl/N-ethyl adjacent to an activating group) is 1. The first kappa shape index (κ1) is 15.6. The molecule has 0 amide bonds. The second kappa shape index (κ2) is 4.58. The third kappa shape index (κ3) is 3.77. The molecule has 5 nitrogen and oxygen atoms in total. The Morgan fingerprint density at radius 3 is 1.44 bits per heavy atom. The van der Waals surface area contributed by atoms with Gasteiger partial charge in [-0.3, -0.25) is 4.55 Å². The van der Waals surface area contributed by atoms with Gasteiger partial charge in [-0.15, -0.1) is 4.71 Å². The highest BCUT2D eigenvalue weighted by Crippen LogP contribution is 2.24. The van der Waals surface area contributed by atoms with Gasteiger partial charge in [0.2, 0.25) is 0 Å². The summed E-state index contributed by atoms with van der Waals surface area (Å²) in [5.41, 5.74) is -5.53. The third-order valence-electron chi connectivity index (χ3n) is 3.41. The predicted molar refractivity (Wildman–Crippen MR) is 54.4 cm³/mol. The fraction of sp³-hybridized carbons (Fsp3) is 1.00. The number of nitrogens with zero attached hydrogens (tertiary/aromatic N) is 2. The second-order valence-electron chi connectivity index (χ2n) is 4.91. The minimum atomic E-state index is -5.84. The molecule has 0 atom stereocenters. The Balaban J connectivity index is 0.000000187. The van der Waals surface area contributed by atoms with Gasteiger partial charge in [0, 0.05) is 0 Å². The quantitative estimate of drug-likeness (QED) is 0.234. The lowest BCUT2D eigenvalue weighted by molar-refractivity contribution is -1.14. The predicted octanol–water partition coefficient (Wildman–Crippen LogP) is 0.556.